The highest BCUT2D eigenvalue weighted by Gasteiger charge is 1.98. The van der Waals surface area contributed by atoms with Crippen molar-refractivity contribution in [1.29, 1.82) is 0 Å². The molecule has 0 saturated carbocycles. The van der Waals surface area contributed by atoms with E-state index in [4.69, 9.17) is 9.47 Å². The average Bonchev–Trinajstić information content (AvgIpc) is 2.45. The molecule has 21 heavy (non-hydrogen) atoms. The van der Waals surface area contributed by atoms with E-state index >= 15 is 0 Å². The highest BCUT2D eigenvalue weighted by atomic mass is 16.5. The molecule has 120 valence electrons. The van der Waals surface area contributed by atoms with Crippen LogP contribution in [0.15, 0.2) is 24.3 Å². The molecule has 1 rings (SSSR count). The molecule has 0 heterocycles. The van der Waals surface area contributed by atoms with Gasteiger partial charge >= 0.3 is 0 Å². The maximum Gasteiger partial charge on any atom is 0.119 e. The smallest absolute Gasteiger partial charge is 0.119 e. The molecule has 0 aliphatic carbocycles. The van der Waals surface area contributed by atoms with Crippen LogP contribution < -0.4 is 10.1 Å². The molecule has 1 aromatic carbocycles. The lowest BCUT2D eigenvalue weighted by molar-refractivity contribution is 0.0957. The van der Waals surface area contributed by atoms with Gasteiger partial charge in [0.15, 0.2) is 0 Å². The van der Waals surface area contributed by atoms with Gasteiger partial charge in [-0.1, -0.05) is 39.8 Å². The Kier molecular flexibility index (Phi) is 9.11. The van der Waals surface area contributed by atoms with Crippen LogP contribution in [0.4, 0.5) is 0 Å². The number of hydrogen-bond donors (Lipinski definition) is 1. The van der Waals surface area contributed by atoms with E-state index in [1.54, 1.807) is 0 Å². The first kappa shape index (κ1) is 18.0. The first-order chi connectivity index (χ1) is 10.1. The molecule has 3 nitrogen and oxygen atoms in total. The summed E-state index contributed by atoms with van der Waals surface area (Å²) < 4.78 is 11.2. The molecule has 0 radical (unpaired) electrons. The minimum atomic E-state index is 0.508. The third kappa shape index (κ3) is 9.48. The normalized spacial score (nSPS) is 11.3. The fourth-order valence-corrected chi connectivity index (χ4v) is 1.94. The molecule has 1 aromatic rings. The van der Waals surface area contributed by atoms with E-state index < -0.39 is 0 Å². The Balaban J connectivity index is 2.09. The van der Waals surface area contributed by atoms with Crippen LogP contribution in [0.5, 0.6) is 5.75 Å². The van der Waals surface area contributed by atoms with Crippen LogP contribution in [0.25, 0.3) is 0 Å². The van der Waals surface area contributed by atoms with Gasteiger partial charge in [0.25, 0.3) is 0 Å². The minimum Gasteiger partial charge on any atom is -0.491 e. The Bertz CT molecular complexity index is 360. The van der Waals surface area contributed by atoms with Crippen LogP contribution in [0.2, 0.25) is 0 Å². The highest BCUT2D eigenvalue weighted by molar-refractivity contribution is 5.27. The predicted octanol–water partition coefficient (Wildman–Crippen LogP) is 4.02. The summed E-state index contributed by atoms with van der Waals surface area (Å²) in [6.45, 7) is 11.8. The SMILES string of the molecule is CC(C)CCCOCCOc1ccc(CNC(C)C)cc1. The minimum absolute atomic E-state index is 0.508. The molecular formula is C18H31NO2. The Morgan fingerprint density at radius 1 is 0.952 bits per heavy atom. The van der Waals surface area contributed by atoms with Gasteiger partial charge in [0.2, 0.25) is 0 Å². The van der Waals surface area contributed by atoms with Gasteiger partial charge in [-0.25, -0.2) is 0 Å². The Hall–Kier alpha value is -1.06. The quantitative estimate of drug-likeness (QED) is 0.625. The van der Waals surface area contributed by atoms with Crippen LogP contribution in [0.3, 0.4) is 0 Å². The summed E-state index contributed by atoms with van der Waals surface area (Å²) in [6.07, 6.45) is 2.36. The lowest BCUT2D eigenvalue weighted by Crippen LogP contribution is -2.21. The third-order valence-corrected chi connectivity index (χ3v) is 3.20. The molecule has 0 fully saturated rings. The van der Waals surface area contributed by atoms with Crippen molar-refractivity contribution in [1.82, 2.24) is 5.32 Å². The standard InChI is InChI=1S/C18H31NO2/c1-15(2)6-5-11-20-12-13-21-18-9-7-17(8-10-18)14-19-16(3)4/h7-10,15-16,19H,5-6,11-14H2,1-4H3. The van der Waals surface area contributed by atoms with Crippen molar-refractivity contribution in [3.8, 4) is 5.75 Å². The summed E-state index contributed by atoms with van der Waals surface area (Å²) in [7, 11) is 0. The van der Waals surface area contributed by atoms with Crippen LogP contribution in [0.1, 0.15) is 46.1 Å². The summed E-state index contributed by atoms with van der Waals surface area (Å²) in [4.78, 5) is 0. The van der Waals surface area contributed by atoms with E-state index in [1.807, 2.05) is 12.1 Å². The number of ether oxygens (including phenoxy) is 2. The van der Waals surface area contributed by atoms with Gasteiger partial charge in [0, 0.05) is 19.2 Å². The summed E-state index contributed by atoms with van der Waals surface area (Å²) in [5.74, 6) is 1.67. The number of nitrogens with one attached hydrogen (secondary N) is 1. The van der Waals surface area contributed by atoms with E-state index in [0.29, 0.717) is 19.3 Å². The molecule has 0 unspecified atom stereocenters. The second-order valence-electron chi connectivity index (χ2n) is 6.18. The van der Waals surface area contributed by atoms with Gasteiger partial charge in [-0.05, 0) is 36.5 Å². The van der Waals surface area contributed by atoms with Crippen molar-refractivity contribution in [2.45, 2.75) is 53.1 Å². The van der Waals surface area contributed by atoms with Gasteiger partial charge in [-0.15, -0.1) is 0 Å². The molecule has 0 saturated heterocycles. The van der Waals surface area contributed by atoms with Crippen LogP contribution >= 0.6 is 0 Å². The summed E-state index contributed by atoms with van der Waals surface area (Å²) in [6, 6.07) is 8.77. The van der Waals surface area contributed by atoms with Crippen molar-refractivity contribution in [3.63, 3.8) is 0 Å². The van der Waals surface area contributed by atoms with Gasteiger partial charge in [-0.3, -0.25) is 0 Å². The van der Waals surface area contributed by atoms with E-state index in [9.17, 15) is 0 Å². The monoisotopic (exact) mass is 293 g/mol. The van der Waals surface area contributed by atoms with E-state index in [2.05, 4.69) is 45.1 Å². The first-order valence-electron chi connectivity index (χ1n) is 8.10. The fourth-order valence-electron chi connectivity index (χ4n) is 1.94. The van der Waals surface area contributed by atoms with Crippen LogP contribution in [-0.4, -0.2) is 25.9 Å². The zero-order valence-corrected chi connectivity index (χ0v) is 14.0. The maximum atomic E-state index is 5.67. The summed E-state index contributed by atoms with van der Waals surface area (Å²) in [5.41, 5.74) is 1.28. The number of hydrogen-bond acceptors (Lipinski definition) is 3. The van der Waals surface area contributed by atoms with Gasteiger partial charge < -0.3 is 14.8 Å². The number of benzene rings is 1. The van der Waals surface area contributed by atoms with E-state index in [-0.39, 0.29) is 0 Å². The maximum absolute atomic E-state index is 5.67. The van der Waals surface area contributed by atoms with Crippen LogP contribution in [-0.2, 0) is 11.3 Å². The molecular weight excluding hydrogens is 262 g/mol. The van der Waals surface area contributed by atoms with E-state index in [0.717, 1.165) is 31.2 Å². The van der Waals surface area contributed by atoms with Crippen molar-refractivity contribution in [3.05, 3.63) is 29.8 Å². The summed E-state index contributed by atoms with van der Waals surface area (Å²) in [5, 5.41) is 3.40. The Morgan fingerprint density at radius 3 is 2.29 bits per heavy atom. The molecule has 0 atom stereocenters. The Labute approximate surface area is 130 Å². The third-order valence-electron chi connectivity index (χ3n) is 3.20. The van der Waals surface area contributed by atoms with Crippen molar-refractivity contribution in [2.75, 3.05) is 19.8 Å². The van der Waals surface area contributed by atoms with Gasteiger partial charge in [0.05, 0.1) is 6.61 Å². The zero-order chi connectivity index (χ0) is 15.5. The van der Waals surface area contributed by atoms with Crippen molar-refractivity contribution < 1.29 is 9.47 Å². The molecule has 0 spiro atoms. The molecule has 0 aromatic heterocycles. The largest absolute Gasteiger partial charge is 0.491 e. The molecule has 3 heteroatoms. The predicted molar refractivity (Wildman–Crippen MR) is 88.8 cm³/mol. The summed E-state index contributed by atoms with van der Waals surface area (Å²) >= 11 is 0. The lowest BCUT2D eigenvalue weighted by Gasteiger charge is -2.10. The van der Waals surface area contributed by atoms with Crippen LogP contribution in [0, 0.1) is 5.92 Å². The topological polar surface area (TPSA) is 30.5 Å². The number of rotatable bonds is 11. The average molecular weight is 293 g/mol. The second kappa shape index (κ2) is 10.6. The highest BCUT2D eigenvalue weighted by Crippen LogP contribution is 2.12. The second-order valence-corrected chi connectivity index (χ2v) is 6.18. The molecule has 1 N–H and O–H groups in total. The fraction of sp³-hybridized carbons (Fsp3) is 0.667. The first-order valence-corrected chi connectivity index (χ1v) is 8.10. The van der Waals surface area contributed by atoms with Gasteiger partial charge in [0.1, 0.15) is 12.4 Å². The molecule has 0 bridgehead atoms. The molecule has 0 aliphatic heterocycles. The van der Waals surface area contributed by atoms with E-state index in [1.165, 1.54) is 12.0 Å². The zero-order valence-electron chi connectivity index (χ0n) is 14.0. The molecule has 0 aliphatic rings. The molecule has 0 amide bonds. The van der Waals surface area contributed by atoms with Gasteiger partial charge in [-0.2, -0.15) is 0 Å². The van der Waals surface area contributed by atoms with Crippen molar-refractivity contribution >= 4 is 0 Å². The Morgan fingerprint density at radius 2 is 1.67 bits per heavy atom. The van der Waals surface area contributed by atoms with Crippen molar-refractivity contribution in [2.24, 2.45) is 5.92 Å². The lowest BCUT2D eigenvalue weighted by atomic mass is 10.1.